The summed E-state index contributed by atoms with van der Waals surface area (Å²) in [5.41, 5.74) is 0. The number of carbonyl (C=O) groups is 1. The highest BCUT2D eigenvalue weighted by atomic mass is 32.2. The van der Waals surface area contributed by atoms with Gasteiger partial charge in [0.15, 0.2) is 0 Å². The molecule has 1 aliphatic rings. The summed E-state index contributed by atoms with van der Waals surface area (Å²) in [6, 6.07) is 0. The number of rotatable bonds is 3. The Morgan fingerprint density at radius 2 is 1.82 bits per heavy atom. The molecule has 0 bridgehead atoms. The van der Waals surface area contributed by atoms with E-state index in [-0.39, 0.29) is 5.91 Å². The van der Waals surface area contributed by atoms with Crippen LogP contribution in [-0.2, 0) is 14.8 Å². The quantitative estimate of drug-likeness (QED) is 0.751. The first-order valence-corrected chi connectivity index (χ1v) is 7.66. The molecule has 0 saturated carbocycles. The summed E-state index contributed by atoms with van der Waals surface area (Å²) in [6.45, 7) is 7.33. The van der Waals surface area contributed by atoms with Crippen LogP contribution in [0.5, 0.6) is 0 Å². The molecule has 1 amide bonds. The lowest BCUT2D eigenvalue weighted by molar-refractivity contribution is -0.130. The van der Waals surface area contributed by atoms with Crippen molar-refractivity contribution in [1.29, 1.82) is 0 Å². The summed E-state index contributed by atoms with van der Waals surface area (Å²) in [7, 11) is -3.18. The van der Waals surface area contributed by atoms with Gasteiger partial charge < -0.3 is 4.90 Å². The zero-order valence-electron chi connectivity index (χ0n) is 10.8. The molecule has 0 radical (unpaired) electrons. The van der Waals surface area contributed by atoms with E-state index in [1.807, 2.05) is 6.92 Å². The fourth-order valence-electron chi connectivity index (χ4n) is 1.92. The minimum Gasteiger partial charge on any atom is -0.341 e. The molecule has 0 aliphatic carbocycles. The van der Waals surface area contributed by atoms with Crippen molar-refractivity contribution in [3.8, 4) is 0 Å². The van der Waals surface area contributed by atoms with Crippen LogP contribution in [0.3, 0.4) is 0 Å². The van der Waals surface area contributed by atoms with Crippen LogP contribution in [0, 0.1) is 0 Å². The van der Waals surface area contributed by atoms with Gasteiger partial charge in [-0.15, -0.1) is 0 Å². The number of amides is 1. The zero-order valence-corrected chi connectivity index (χ0v) is 11.7. The van der Waals surface area contributed by atoms with Crippen molar-refractivity contribution in [2.75, 3.05) is 26.2 Å². The molecule has 0 atom stereocenters. The molecular formula is C11H22N2O3S. The van der Waals surface area contributed by atoms with Gasteiger partial charge in [-0.25, -0.2) is 8.42 Å². The third kappa shape index (κ3) is 3.42. The molecule has 1 fully saturated rings. The molecule has 0 spiro atoms. The molecule has 1 heterocycles. The zero-order chi connectivity index (χ0) is 13.1. The Labute approximate surface area is 104 Å². The molecule has 0 aromatic heterocycles. The Morgan fingerprint density at radius 3 is 2.35 bits per heavy atom. The van der Waals surface area contributed by atoms with E-state index in [2.05, 4.69) is 0 Å². The van der Waals surface area contributed by atoms with Crippen molar-refractivity contribution in [3.63, 3.8) is 0 Å². The van der Waals surface area contributed by atoms with Gasteiger partial charge >= 0.3 is 0 Å². The van der Waals surface area contributed by atoms with Crippen LogP contribution in [0.1, 0.15) is 33.6 Å². The van der Waals surface area contributed by atoms with Gasteiger partial charge in [0, 0.05) is 32.6 Å². The molecule has 100 valence electrons. The first kappa shape index (κ1) is 14.4. The molecule has 1 saturated heterocycles. The van der Waals surface area contributed by atoms with Crippen molar-refractivity contribution in [2.45, 2.75) is 38.9 Å². The molecular weight excluding hydrogens is 240 g/mol. The highest BCUT2D eigenvalue weighted by molar-refractivity contribution is 7.89. The van der Waals surface area contributed by atoms with E-state index in [0.717, 1.165) is 6.42 Å². The van der Waals surface area contributed by atoms with Gasteiger partial charge in [-0.3, -0.25) is 4.79 Å². The lowest BCUT2D eigenvalue weighted by atomic mass is 10.3. The molecule has 5 nitrogen and oxygen atoms in total. The third-order valence-corrected chi connectivity index (χ3v) is 5.34. The molecule has 0 aromatic rings. The van der Waals surface area contributed by atoms with Crippen LogP contribution in [0.15, 0.2) is 0 Å². The topological polar surface area (TPSA) is 57.7 Å². The van der Waals surface area contributed by atoms with Crippen LogP contribution in [0.2, 0.25) is 0 Å². The first-order chi connectivity index (χ1) is 7.89. The fraction of sp³-hybridized carbons (Fsp3) is 0.909. The van der Waals surface area contributed by atoms with E-state index in [1.165, 1.54) is 4.31 Å². The number of nitrogens with zero attached hydrogens (tertiary/aromatic N) is 2. The van der Waals surface area contributed by atoms with E-state index >= 15 is 0 Å². The molecule has 0 N–H and O–H groups in total. The normalized spacial score (nSPS) is 19.4. The van der Waals surface area contributed by atoms with E-state index in [9.17, 15) is 13.2 Å². The maximum atomic E-state index is 12.0. The van der Waals surface area contributed by atoms with Gasteiger partial charge in [0.1, 0.15) is 0 Å². The minimum atomic E-state index is -3.18. The molecule has 17 heavy (non-hydrogen) atoms. The summed E-state index contributed by atoms with van der Waals surface area (Å²) >= 11 is 0. The van der Waals surface area contributed by atoms with Gasteiger partial charge in [0.25, 0.3) is 0 Å². The lowest BCUT2D eigenvalue weighted by Crippen LogP contribution is -2.40. The second-order valence-corrected chi connectivity index (χ2v) is 7.07. The molecule has 0 unspecified atom stereocenters. The predicted octanol–water partition coefficient (Wildman–Crippen LogP) is 0.669. The summed E-state index contributed by atoms with van der Waals surface area (Å²) in [5, 5.41) is -0.393. The summed E-state index contributed by atoms with van der Waals surface area (Å²) in [5.74, 6) is 0.105. The molecule has 0 aromatic carbocycles. The monoisotopic (exact) mass is 262 g/mol. The Hall–Kier alpha value is -0.620. The summed E-state index contributed by atoms with van der Waals surface area (Å²) in [4.78, 5) is 13.3. The van der Waals surface area contributed by atoms with Gasteiger partial charge in [-0.1, -0.05) is 6.92 Å². The van der Waals surface area contributed by atoms with E-state index < -0.39 is 15.3 Å². The van der Waals surface area contributed by atoms with Crippen molar-refractivity contribution in [3.05, 3.63) is 0 Å². The minimum absolute atomic E-state index is 0.105. The third-order valence-electron chi connectivity index (χ3n) is 3.07. The highest BCUT2D eigenvalue weighted by Gasteiger charge is 2.28. The second-order valence-electron chi connectivity index (χ2n) is 4.58. The van der Waals surface area contributed by atoms with Crippen LogP contribution >= 0.6 is 0 Å². The Balaban J connectivity index is 2.69. The van der Waals surface area contributed by atoms with E-state index in [1.54, 1.807) is 18.7 Å². The van der Waals surface area contributed by atoms with E-state index in [0.29, 0.717) is 32.6 Å². The predicted molar refractivity (Wildman–Crippen MR) is 67.1 cm³/mol. The van der Waals surface area contributed by atoms with Crippen molar-refractivity contribution in [1.82, 2.24) is 9.21 Å². The lowest BCUT2D eigenvalue weighted by Gasteiger charge is -2.23. The summed E-state index contributed by atoms with van der Waals surface area (Å²) in [6.07, 6.45) is 1.20. The van der Waals surface area contributed by atoms with Crippen molar-refractivity contribution in [2.24, 2.45) is 0 Å². The van der Waals surface area contributed by atoms with Crippen LogP contribution in [0.25, 0.3) is 0 Å². The van der Waals surface area contributed by atoms with Gasteiger partial charge in [0.2, 0.25) is 15.9 Å². The number of hydrogen-bond acceptors (Lipinski definition) is 3. The van der Waals surface area contributed by atoms with Gasteiger partial charge in [-0.2, -0.15) is 4.31 Å². The fourth-order valence-corrected chi connectivity index (χ4v) is 3.24. The molecule has 1 rings (SSSR count). The average molecular weight is 262 g/mol. The van der Waals surface area contributed by atoms with Crippen LogP contribution < -0.4 is 0 Å². The first-order valence-electron chi connectivity index (χ1n) is 6.16. The maximum absolute atomic E-state index is 12.0. The van der Waals surface area contributed by atoms with Crippen LogP contribution in [0.4, 0.5) is 0 Å². The molecule has 6 heteroatoms. The average Bonchev–Trinajstić information content (AvgIpc) is 2.53. The largest absolute Gasteiger partial charge is 0.341 e. The SMILES string of the molecule is CCC(=O)N1CCCN(S(=O)(=O)C(C)C)CC1. The van der Waals surface area contributed by atoms with Gasteiger partial charge in [-0.05, 0) is 20.3 Å². The number of carbonyl (C=O) groups excluding carboxylic acids is 1. The highest BCUT2D eigenvalue weighted by Crippen LogP contribution is 2.13. The number of hydrogen-bond donors (Lipinski definition) is 0. The smallest absolute Gasteiger partial charge is 0.222 e. The maximum Gasteiger partial charge on any atom is 0.222 e. The summed E-state index contributed by atoms with van der Waals surface area (Å²) < 4.78 is 25.5. The number of sulfonamides is 1. The van der Waals surface area contributed by atoms with E-state index in [4.69, 9.17) is 0 Å². The van der Waals surface area contributed by atoms with Crippen molar-refractivity contribution >= 4 is 15.9 Å². The van der Waals surface area contributed by atoms with Crippen molar-refractivity contribution < 1.29 is 13.2 Å². The standard InChI is InChI=1S/C11H22N2O3S/c1-4-11(14)12-6-5-7-13(9-8-12)17(15,16)10(2)3/h10H,4-9H2,1-3H3. The second kappa shape index (κ2) is 5.82. The molecule has 1 aliphatic heterocycles. The Kier molecular flexibility index (Phi) is 4.94. The Bertz CT molecular complexity index is 365. The van der Waals surface area contributed by atoms with Crippen LogP contribution in [-0.4, -0.2) is 55.0 Å². The van der Waals surface area contributed by atoms with Gasteiger partial charge in [0.05, 0.1) is 5.25 Å². The Morgan fingerprint density at radius 1 is 1.18 bits per heavy atom.